The minimum absolute atomic E-state index is 0.263. The SMILES string of the molecule is [CH2]CCCc1ccc(S(=O)(=O)CCCCC)cc1. The Hall–Kier alpha value is -0.830. The topological polar surface area (TPSA) is 34.1 Å². The smallest absolute Gasteiger partial charge is 0.178 e. The van der Waals surface area contributed by atoms with Crippen molar-refractivity contribution in [3.63, 3.8) is 0 Å². The normalized spacial score (nSPS) is 11.7. The Balaban J connectivity index is 2.65. The van der Waals surface area contributed by atoms with Gasteiger partial charge in [-0.25, -0.2) is 8.42 Å². The summed E-state index contributed by atoms with van der Waals surface area (Å²) in [5.41, 5.74) is 1.19. The molecule has 0 aromatic heterocycles. The Morgan fingerprint density at radius 2 is 1.72 bits per heavy atom. The lowest BCUT2D eigenvalue weighted by Gasteiger charge is -2.05. The van der Waals surface area contributed by atoms with Crippen molar-refractivity contribution in [1.29, 1.82) is 0 Å². The first kappa shape index (κ1) is 15.2. The molecule has 3 heteroatoms. The average molecular weight is 267 g/mol. The lowest BCUT2D eigenvalue weighted by atomic mass is 10.1. The average Bonchev–Trinajstić information content (AvgIpc) is 2.37. The van der Waals surface area contributed by atoms with Gasteiger partial charge in [-0.15, -0.1) is 0 Å². The first-order valence-electron chi connectivity index (χ1n) is 6.71. The fraction of sp³-hybridized carbons (Fsp3) is 0.533. The fourth-order valence-electron chi connectivity index (χ4n) is 1.85. The van der Waals surface area contributed by atoms with Gasteiger partial charge in [0.25, 0.3) is 0 Å². The number of hydrogen-bond donors (Lipinski definition) is 0. The maximum atomic E-state index is 12.0. The van der Waals surface area contributed by atoms with Gasteiger partial charge in [0.2, 0.25) is 0 Å². The molecule has 0 spiro atoms. The number of benzene rings is 1. The zero-order chi connectivity index (χ0) is 13.4. The van der Waals surface area contributed by atoms with E-state index in [1.807, 2.05) is 12.1 Å². The molecule has 1 aromatic rings. The van der Waals surface area contributed by atoms with E-state index in [2.05, 4.69) is 13.8 Å². The van der Waals surface area contributed by atoms with E-state index in [1.54, 1.807) is 12.1 Å². The second kappa shape index (κ2) is 7.57. The monoisotopic (exact) mass is 267 g/mol. The molecule has 1 radical (unpaired) electrons. The predicted molar refractivity (Wildman–Crippen MR) is 76.3 cm³/mol. The Labute approximate surface area is 111 Å². The highest BCUT2D eigenvalue weighted by Crippen LogP contribution is 2.15. The Bertz CT molecular complexity index is 432. The van der Waals surface area contributed by atoms with Crippen molar-refractivity contribution >= 4 is 9.84 Å². The van der Waals surface area contributed by atoms with Crippen molar-refractivity contribution < 1.29 is 8.42 Å². The third-order valence-electron chi connectivity index (χ3n) is 3.01. The number of sulfone groups is 1. The predicted octanol–water partition coefficient (Wildman–Crippen LogP) is 3.81. The number of aryl methyl sites for hydroxylation is 1. The minimum Gasteiger partial charge on any atom is -0.224 e. The summed E-state index contributed by atoms with van der Waals surface area (Å²) in [7, 11) is -3.08. The van der Waals surface area contributed by atoms with Gasteiger partial charge in [-0.2, -0.15) is 0 Å². The zero-order valence-corrected chi connectivity index (χ0v) is 12.0. The molecule has 0 N–H and O–H groups in total. The van der Waals surface area contributed by atoms with Crippen molar-refractivity contribution in [2.75, 3.05) is 5.75 Å². The molecule has 0 aliphatic heterocycles. The van der Waals surface area contributed by atoms with Crippen LogP contribution in [0.2, 0.25) is 0 Å². The van der Waals surface area contributed by atoms with E-state index in [0.29, 0.717) is 4.90 Å². The second-order valence-electron chi connectivity index (χ2n) is 4.63. The molecule has 0 heterocycles. The van der Waals surface area contributed by atoms with Crippen molar-refractivity contribution in [1.82, 2.24) is 0 Å². The van der Waals surface area contributed by atoms with Crippen LogP contribution in [0.5, 0.6) is 0 Å². The first-order chi connectivity index (χ1) is 8.60. The van der Waals surface area contributed by atoms with Crippen LogP contribution in [0, 0.1) is 6.92 Å². The summed E-state index contributed by atoms with van der Waals surface area (Å²) in [6, 6.07) is 7.31. The van der Waals surface area contributed by atoms with Gasteiger partial charge < -0.3 is 0 Å². The summed E-state index contributed by atoms with van der Waals surface area (Å²) in [4.78, 5) is 0.456. The van der Waals surface area contributed by atoms with Gasteiger partial charge in [-0.1, -0.05) is 45.2 Å². The molecule has 0 fully saturated rings. The molecule has 0 saturated heterocycles. The van der Waals surface area contributed by atoms with Crippen LogP contribution in [-0.4, -0.2) is 14.2 Å². The molecule has 0 amide bonds. The standard InChI is InChI=1S/C15H23O2S/c1-3-5-7-13-18(16,17)15-11-9-14(10-12-15)8-6-4-2/h9-12H,2-8,13H2,1H3. The molecule has 0 aliphatic carbocycles. The van der Waals surface area contributed by atoms with Crippen LogP contribution in [0.1, 0.15) is 44.6 Å². The highest BCUT2D eigenvalue weighted by molar-refractivity contribution is 7.91. The van der Waals surface area contributed by atoms with Gasteiger partial charge in [-0.3, -0.25) is 0 Å². The molecule has 101 valence electrons. The van der Waals surface area contributed by atoms with E-state index in [-0.39, 0.29) is 5.75 Å². The van der Waals surface area contributed by atoms with Gasteiger partial charge in [0.15, 0.2) is 9.84 Å². The number of unbranched alkanes of at least 4 members (excludes halogenated alkanes) is 3. The van der Waals surface area contributed by atoms with E-state index in [9.17, 15) is 8.42 Å². The van der Waals surface area contributed by atoms with Crippen LogP contribution in [0.25, 0.3) is 0 Å². The molecular formula is C15H23O2S. The largest absolute Gasteiger partial charge is 0.224 e. The van der Waals surface area contributed by atoms with Crippen LogP contribution in [0.4, 0.5) is 0 Å². The zero-order valence-electron chi connectivity index (χ0n) is 11.2. The first-order valence-corrected chi connectivity index (χ1v) is 8.36. The highest BCUT2D eigenvalue weighted by atomic mass is 32.2. The second-order valence-corrected chi connectivity index (χ2v) is 6.74. The molecule has 0 unspecified atom stereocenters. The maximum absolute atomic E-state index is 12.0. The van der Waals surface area contributed by atoms with Crippen LogP contribution in [-0.2, 0) is 16.3 Å². The third-order valence-corrected chi connectivity index (χ3v) is 4.83. The van der Waals surface area contributed by atoms with Crippen LogP contribution in [0.15, 0.2) is 29.2 Å². The van der Waals surface area contributed by atoms with Gasteiger partial charge in [0.05, 0.1) is 10.6 Å². The fourth-order valence-corrected chi connectivity index (χ4v) is 3.22. The van der Waals surface area contributed by atoms with Crippen molar-refractivity contribution in [2.24, 2.45) is 0 Å². The molecule has 0 atom stereocenters. The van der Waals surface area contributed by atoms with Crippen LogP contribution in [0.3, 0.4) is 0 Å². The molecule has 2 nitrogen and oxygen atoms in total. The lowest BCUT2D eigenvalue weighted by Crippen LogP contribution is -2.06. The molecule has 18 heavy (non-hydrogen) atoms. The van der Waals surface area contributed by atoms with Gasteiger partial charge in [-0.05, 0) is 37.0 Å². The van der Waals surface area contributed by atoms with Crippen molar-refractivity contribution in [3.05, 3.63) is 36.8 Å². The van der Waals surface area contributed by atoms with E-state index in [1.165, 1.54) is 5.56 Å². The van der Waals surface area contributed by atoms with Crippen molar-refractivity contribution in [3.8, 4) is 0 Å². The van der Waals surface area contributed by atoms with Crippen molar-refractivity contribution in [2.45, 2.75) is 50.3 Å². The van der Waals surface area contributed by atoms with E-state index < -0.39 is 9.84 Å². The molecule has 1 rings (SSSR count). The van der Waals surface area contributed by atoms with Gasteiger partial charge in [0, 0.05) is 0 Å². The Kier molecular flexibility index (Phi) is 6.41. The summed E-state index contributed by atoms with van der Waals surface area (Å²) in [5.74, 6) is 0.263. The Morgan fingerprint density at radius 1 is 1.06 bits per heavy atom. The summed E-state index contributed by atoms with van der Waals surface area (Å²) in [6.07, 6.45) is 5.70. The van der Waals surface area contributed by atoms with Gasteiger partial charge in [0.1, 0.15) is 0 Å². The minimum atomic E-state index is -3.08. The van der Waals surface area contributed by atoms with Crippen LogP contribution < -0.4 is 0 Å². The Morgan fingerprint density at radius 3 is 2.28 bits per heavy atom. The number of rotatable bonds is 8. The molecule has 1 aromatic carbocycles. The lowest BCUT2D eigenvalue weighted by molar-refractivity contribution is 0.591. The third kappa shape index (κ3) is 4.81. The summed E-state index contributed by atoms with van der Waals surface area (Å²) < 4.78 is 24.0. The van der Waals surface area contributed by atoms with Crippen LogP contribution >= 0.6 is 0 Å². The molecular weight excluding hydrogens is 244 g/mol. The van der Waals surface area contributed by atoms with E-state index >= 15 is 0 Å². The van der Waals surface area contributed by atoms with Gasteiger partial charge >= 0.3 is 0 Å². The maximum Gasteiger partial charge on any atom is 0.178 e. The summed E-state index contributed by atoms with van der Waals surface area (Å²) >= 11 is 0. The molecule has 0 aliphatic rings. The van der Waals surface area contributed by atoms with E-state index in [0.717, 1.165) is 38.5 Å². The van der Waals surface area contributed by atoms with E-state index in [4.69, 9.17) is 0 Å². The highest BCUT2D eigenvalue weighted by Gasteiger charge is 2.13. The molecule has 0 saturated carbocycles. The number of hydrogen-bond acceptors (Lipinski definition) is 2. The quantitative estimate of drug-likeness (QED) is 0.671. The molecule has 0 bridgehead atoms. The summed E-state index contributed by atoms with van der Waals surface area (Å²) in [5, 5.41) is 0. The summed E-state index contributed by atoms with van der Waals surface area (Å²) in [6.45, 7) is 5.88.